The van der Waals surface area contributed by atoms with Crippen LogP contribution in [0, 0.1) is 11.3 Å². The molecule has 0 aliphatic rings. The van der Waals surface area contributed by atoms with E-state index in [1.165, 1.54) is 0 Å². The summed E-state index contributed by atoms with van der Waals surface area (Å²) in [7, 11) is 2.03. The highest BCUT2D eigenvalue weighted by molar-refractivity contribution is 4.90. The maximum atomic E-state index is 3.32. The Labute approximate surface area is 83.6 Å². The molecule has 0 aliphatic carbocycles. The van der Waals surface area contributed by atoms with Crippen molar-refractivity contribution in [1.29, 1.82) is 0 Å². The van der Waals surface area contributed by atoms with Crippen molar-refractivity contribution in [3.05, 3.63) is 12.2 Å². The SMILES string of the molecule is CC=CCC(C)(C)C(C)C(C)NC. The molecule has 0 amide bonds. The third-order valence-electron chi connectivity index (χ3n) is 3.32. The Hall–Kier alpha value is -0.300. The van der Waals surface area contributed by atoms with Gasteiger partial charge < -0.3 is 5.32 Å². The van der Waals surface area contributed by atoms with E-state index in [1.807, 2.05) is 7.05 Å². The predicted molar refractivity (Wildman–Crippen MR) is 60.9 cm³/mol. The minimum Gasteiger partial charge on any atom is -0.317 e. The van der Waals surface area contributed by atoms with Gasteiger partial charge in [-0.1, -0.05) is 32.9 Å². The van der Waals surface area contributed by atoms with Crippen LogP contribution in [0.2, 0.25) is 0 Å². The summed E-state index contributed by atoms with van der Waals surface area (Å²) in [6, 6.07) is 0.584. The van der Waals surface area contributed by atoms with Crippen molar-refractivity contribution in [3.8, 4) is 0 Å². The van der Waals surface area contributed by atoms with Gasteiger partial charge in [0.2, 0.25) is 0 Å². The normalized spacial score (nSPS) is 17.7. The topological polar surface area (TPSA) is 12.0 Å². The molecule has 0 aromatic carbocycles. The Morgan fingerprint density at radius 1 is 1.31 bits per heavy atom. The minimum absolute atomic E-state index is 0.384. The fourth-order valence-corrected chi connectivity index (χ4v) is 1.53. The van der Waals surface area contributed by atoms with E-state index in [2.05, 4.69) is 52.1 Å². The molecular formula is C12H25N. The number of hydrogen-bond donors (Lipinski definition) is 1. The van der Waals surface area contributed by atoms with Gasteiger partial charge in [-0.2, -0.15) is 0 Å². The van der Waals surface area contributed by atoms with E-state index in [-0.39, 0.29) is 0 Å². The van der Waals surface area contributed by atoms with Crippen LogP contribution in [-0.2, 0) is 0 Å². The molecule has 0 heterocycles. The molecular weight excluding hydrogens is 158 g/mol. The molecule has 0 fully saturated rings. The summed E-state index contributed by atoms with van der Waals surface area (Å²) >= 11 is 0. The molecule has 0 aliphatic heterocycles. The summed E-state index contributed by atoms with van der Waals surface area (Å²) < 4.78 is 0. The first-order chi connectivity index (χ1) is 5.95. The van der Waals surface area contributed by atoms with Crippen LogP contribution < -0.4 is 5.32 Å². The van der Waals surface area contributed by atoms with Gasteiger partial charge in [0.1, 0.15) is 0 Å². The first-order valence-electron chi connectivity index (χ1n) is 5.24. The molecule has 0 saturated heterocycles. The van der Waals surface area contributed by atoms with Crippen molar-refractivity contribution in [1.82, 2.24) is 5.32 Å². The molecule has 78 valence electrons. The first-order valence-corrected chi connectivity index (χ1v) is 5.24. The molecule has 0 rings (SSSR count). The molecule has 0 spiro atoms. The highest BCUT2D eigenvalue weighted by Crippen LogP contribution is 2.32. The van der Waals surface area contributed by atoms with E-state index in [0.29, 0.717) is 17.4 Å². The molecule has 0 aromatic rings. The Balaban J connectivity index is 4.25. The fourth-order valence-electron chi connectivity index (χ4n) is 1.53. The van der Waals surface area contributed by atoms with E-state index in [9.17, 15) is 0 Å². The lowest BCUT2D eigenvalue weighted by atomic mass is 9.74. The lowest BCUT2D eigenvalue weighted by Crippen LogP contribution is -2.37. The largest absolute Gasteiger partial charge is 0.317 e. The van der Waals surface area contributed by atoms with E-state index in [0.717, 1.165) is 6.42 Å². The lowest BCUT2D eigenvalue weighted by Gasteiger charge is -2.35. The van der Waals surface area contributed by atoms with Gasteiger partial charge in [0, 0.05) is 6.04 Å². The molecule has 0 aromatic heterocycles. The van der Waals surface area contributed by atoms with Gasteiger partial charge in [-0.05, 0) is 38.6 Å². The van der Waals surface area contributed by atoms with Crippen molar-refractivity contribution < 1.29 is 0 Å². The maximum Gasteiger partial charge on any atom is 0.00665 e. The second-order valence-electron chi connectivity index (χ2n) is 4.63. The Morgan fingerprint density at radius 3 is 2.23 bits per heavy atom. The van der Waals surface area contributed by atoms with Crippen LogP contribution in [0.15, 0.2) is 12.2 Å². The monoisotopic (exact) mass is 183 g/mol. The molecule has 2 unspecified atom stereocenters. The van der Waals surface area contributed by atoms with Gasteiger partial charge >= 0.3 is 0 Å². The lowest BCUT2D eigenvalue weighted by molar-refractivity contribution is 0.190. The summed E-state index contributed by atoms with van der Waals surface area (Å²) in [6.45, 7) is 11.3. The quantitative estimate of drug-likeness (QED) is 0.645. The maximum absolute atomic E-state index is 3.32. The number of rotatable bonds is 5. The molecule has 0 saturated carbocycles. The summed E-state index contributed by atoms with van der Waals surface area (Å²) in [6.07, 6.45) is 5.56. The van der Waals surface area contributed by atoms with Crippen molar-refractivity contribution in [2.45, 2.75) is 47.1 Å². The average Bonchev–Trinajstić information content (AvgIpc) is 2.12. The van der Waals surface area contributed by atoms with Gasteiger partial charge in [-0.3, -0.25) is 0 Å². The third kappa shape index (κ3) is 3.95. The van der Waals surface area contributed by atoms with Gasteiger partial charge in [0.15, 0.2) is 0 Å². The number of nitrogens with one attached hydrogen (secondary N) is 1. The fraction of sp³-hybridized carbons (Fsp3) is 0.833. The zero-order chi connectivity index (χ0) is 10.5. The molecule has 0 bridgehead atoms. The second-order valence-corrected chi connectivity index (χ2v) is 4.63. The molecule has 1 N–H and O–H groups in total. The van der Waals surface area contributed by atoms with Crippen molar-refractivity contribution in [2.24, 2.45) is 11.3 Å². The van der Waals surface area contributed by atoms with Crippen LogP contribution in [0.1, 0.15) is 41.0 Å². The molecule has 0 radical (unpaired) electrons. The van der Waals surface area contributed by atoms with Crippen LogP contribution >= 0.6 is 0 Å². The van der Waals surface area contributed by atoms with Crippen LogP contribution in [0.5, 0.6) is 0 Å². The molecule has 1 nitrogen and oxygen atoms in total. The van der Waals surface area contributed by atoms with Crippen molar-refractivity contribution >= 4 is 0 Å². The summed E-state index contributed by atoms with van der Waals surface area (Å²) in [4.78, 5) is 0. The van der Waals surface area contributed by atoms with E-state index < -0.39 is 0 Å². The van der Waals surface area contributed by atoms with Crippen LogP contribution in [0.25, 0.3) is 0 Å². The zero-order valence-electron chi connectivity index (χ0n) is 10.0. The highest BCUT2D eigenvalue weighted by atomic mass is 14.9. The summed E-state index contributed by atoms with van der Waals surface area (Å²) in [5, 5.41) is 3.32. The van der Waals surface area contributed by atoms with Crippen LogP contribution in [-0.4, -0.2) is 13.1 Å². The Kier molecular flexibility index (Phi) is 5.31. The zero-order valence-corrected chi connectivity index (χ0v) is 10.0. The van der Waals surface area contributed by atoms with Crippen LogP contribution in [0.4, 0.5) is 0 Å². The van der Waals surface area contributed by atoms with E-state index in [1.54, 1.807) is 0 Å². The predicted octanol–water partition coefficient (Wildman–Crippen LogP) is 3.22. The Bertz CT molecular complexity index is 159. The first kappa shape index (κ1) is 12.7. The molecule has 2 atom stereocenters. The summed E-state index contributed by atoms with van der Waals surface area (Å²) in [5.41, 5.74) is 0.384. The smallest absolute Gasteiger partial charge is 0.00665 e. The second kappa shape index (κ2) is 5.43. The summed E-state index contributed by atoms with van der Waals surface area (Å²) in [5.74, 6) is 0.689. The van der Waals surface area contributed by atoms with E-state index in [4.69, 9.17) is 0 Å². The van der Waals surface area contributed by atoms with Crippen molar-refractivity contribution in [2.75, 3.05) is 7.05 Å². The number of hydrogen-bond acceptors (Lipinski definition) is 1. The number of allylic oxidation sites excluding steroid dienone is 2. The molecule has 1 heteroatoms. The van der Waals surface area contributed by atoms with Gasteiger partial charge in [0.05, 0.1) is 0 Å². The minimum atomic E-state index is 0.384. The molecule has 13 heavy (non-hydrogen) atoms. The van der Waals surface area contributed by atoms with Gasteiger partial charge in [-0.25, -0.2) is 0 Å². The Morgan fingerprint density at radius 2 is 1.85 bits per heavy atom. The average molecular weight is 183 g/mol. The van der Waals surface area contributed by atoms with Gasteiger partial charge in [0.25, 0.3) is 0 Å². The van der Waals surface area contributed by atoms with Gasteiger partial charge in [-0.15, -0.1) is 0 Å². The van der Waals surface area contributed by atoms with Crippen LogP contribution in [0.3, 0.4) is 0 Å². The highest BCUT2D eigenvalue weighted by Gasteiger charge is 2.27. The standard InChI is InChI=1S/C12H25N/c1-7-8-9-12(4,5)10(2)11(3)13-6/h7-8,10-11,13H,9H2,1-6H3. The van der Waals surface area contributed by atoms with E-state index >= 15 is 0 Å². The van der Waals surface area contributed by atoms with Crippen molar-refractivity contribution in [3.63, 3.8) is 0 Å². The third-order valence-corrected chi connectivity index (χ3v) is 3.32.